The molecule has 4 heteroatoms. The zero-order valence-corrected chi connectivity index (χ0v) is 12.4. The van der Waals surface area contributed by atoms with E-state index in [1.165, 1.54) is 0 Å². The lowest BCUT2D eigenvalue weighted by Gasteiger charge is -2.10. The normalized spacial score (nSPS) is 10.6. The molecule has 1 aromatic heterocycles. The minimum absolute atomic E-state index is 0.518. The zero-order valence-electron chi connectivity index (χ0n) is 11.6. The second kappa shape index (κ2) is 6.02. The first-order valence-electron chi connectivity index (χ1n) is 6.65. The Labute approximate surface area is 128 Å². The lowest BCUT2D eigenvalue weighted by Crippen LogP contribution is -1.95. The first kappa shape index (κ1) is 13.7. The Morgan fingerprint density at radius 2 is 1.90 bits per heavy atom. The minimum Gasteiger partial charge on any atom is -0.497 e. The molecule has 106 valence electrons. The maximum atomic E-state index is 5.80. The van der Waals surface area contributed by atoms with E-state index in [4.69, 9.17) is 16.3 Å². The van der Waals surface area contributed by atoms with Crippen molar-refractivity contribution in [1.82, 2.24) is 4.98 Å². The molecular weight excluding hydrogens is 284 g/mol. The maximum Gasteiger partial charge on any atom is 0.138 e. The van der Waals surface area contributed by atoms with Crippen LogP contribution < -0.4 is 10.1 Å². The number of pyridine rings is 1. The maximum absolute atomic E-state index is 5.80. The van der Waals surface area contributed by atoms with Gasteiger partial charge >= 0.3 is 0 Å². The van der Waals surface area contributed by atoms with E-state index in [2.05, 4.69) is 10.3 Å². The minimum atomic E-state index is 0.518. The average molecular weight is 299 g/mol. The van der Waals surface area contributed by atoms with Crippen molar-refractivity contribution in [2.24, 2.45) is 0 Å². The summed E-state index contributed by atoms with van der Waals surface area (Å²) in [4.78, 5) is 4.43. The Hall–Kier alpha value is -2.26. The first-order valence-corrected chi connectivity index (χ1v) is 7.18. The number of benzene rings is 2. The summed E-state index contributed by atoms with van der Waals surface area (Å²) in [5, 5.41) is 5.48. The van der Waals surface area contributed by atoms with Crippen LogP contribution in [0.1, 0.15) is 5.56 Å². The number of halogens is 1. The van der Waals surface area contributed by atoms with Gasteiger partial charge in [-0.05, 0) is 41.3 Å². The number of alkyl halides is 1. The average Bonchev–Trinajstić information content (AvgIpc) is 2.55. The van der Waals surface area contributed by atoms with Crippen LogP contribution in [0.5, 0.6) is 5.75 Å². The van der Waals surface area contributed by atoms with Gasteiger partial charge in [0.25, 0.3) is 0 Å². The highest BCUT2D eigenvalue weighted by atomic mass is 35.5. The summed E-state index contributed by atoms with van der Waals surface area (Å²) in [6.07, 6.45) is 1.80. The van der Waals surface area contributed by atoms with E-state index in [-0.39, 0.29) is 0 Å². The Kier molecular flexibility index (Phi) is 3.93. The summed E-state index contributed by atoms with van der Waals surface area (Å²) >= 11 is 5.80. The van der Waals surface area contributed by atoms with Gasteiger partial charge in [0.15, 0.2) is 0 Å². The second-order valence-corrected chi connectivity index (χ2v) is 4.97. The second-order valence-electron chi connectivity index (χ2n) is 4.70. The van der Waals surface area contributed by atoms with Crippen molar-refractivity contribution in [1.29, 1.82) is 0 Å². The molecule has 0 aliphatic heterocycles. The van der Waals surface area contributed by atoms with Crippen molar-refractivity contribution in [3.8, 4) is 5.75 Å². The Morgan fingerprint density at radius 3 is 2.62 bits per heavy atom. The van der Waals surface area contributed by atoms with Gasteiger partial charge in [-0.1, -0.05) is 18.2 Å². The van der Waals surface area contributed by atoms with Crippen LogP contribution in [-0.2, 0) is 5.88 Å². The van der Waals surface area contributed by atoms with Gasteiger partial charge in [0, 0.05) is 23.2 Å². The van der Waals surface area contributed by atoms with Crippen molar-refractivity contribution in [2.75, 3.05) is 12.4 Å². The van der Waals surface area contributed by atoms with Crippen molar-refractivity contribution < 1.29 is 4.74 Å². The summed E-state index contributed by atoms with van der Waals surface area (Å²) in [6.45, 7) is 0. The number of ether oxygens (including phenoxy) is 1. The molecule has 1 heterocycles. The predicted octanol–water partition coefficient (Wildman–Crippen LogP) is 4.73. The standard InChI is InChI=1S/C17H15ClN2O/c1-21-15-7-4-13-8-9-19-17(16(13)10-15)20-14-5-2-12(11-18)3-6-14/h2-10H,11H2,1H3,(H,19,20). The van der Waals surface area contributed by atoms with Crippen molar-refractivity contribution in [3.63, 3.8) is 0 Å². The number of hydrogen-bond donors (Lipinski definition) is 1. The number of nitrogens with one attached hydrogen (secondary N) is 1. The van der Waals surface area contributed by atoms with Crippen LogP contribution in [-0.4, -0.2) is 12.1 Å². The Morgan fingerprint density at radius 1 is 1.10 bits per heavy atom. The SMILES string of the molecule is COc1ccc2ccnc(Nc3ccc(CCl)cc3)c2c1. The third kappa shape index (κ3) is 2.93. The van der Waals surface area contributed by atoms with Crippen LogP contribution >= 0.6 is 11.6 Å². The van der Waals surface area contributed by atoms with E-state index in [1.54, 1.807) is 13.3 Å². The van der Waals surface area contributed by atoms with Crippen LogP contribution in [0.4, 0.5) is 11.5 Å². The van der Waals surface area contributed by atoms with Gasteiger partial charge in [0.05, 0.1) is 7.11 Å². The molecule has 3 nitrogen and oxygen atoms in total. The van der Waals surface area contributed by atoms with Crippen molar-refractivity contribution in [2.45, 2.75) is 5.88 Å². The van der Waals surface area contributed by atoms with E-state index < -0.39 is 0 Å². The van der Waals surface area contributed by atoms with Crippen LogP contribution in [0.15, 0.2) is 54.7 Å². The summed E-state index contributed by atoms with van der Waals surface area (Å²) in [6, 6.07) is 15.9. The third-order valence-electron chi connectivity index (χ3n) is 3.34. The third-order valence-corrected chi connectivity index (χ3v) is 3.65. The highest BCUT2D eigenvalue weighted by Gasteiger charge is 2.04. The molecule has 0 fully saturated rings. The quantitative estimate of drug-likeness (QED) is 0.707. The van der Waals surface area contributed by atoms with Crippen molar-refractivity contribution >= 4 is 33.9 Å². The van der Waals surface area contributed by atoms with Gasteiger partial charge in [-0.15, -0.1) is 11.6 Å². The molecule has 0 unspecified atom stereocenters. The lowest BCUT2D eigenvalue weighted by atomic mass is 10.1. The number of anilines is 2. The summed E-state index contributed by atoms with van der Waals surface area (Å²) in [7, 11) is 1.66. The van der Waals surface area contributed by atoms with Crippen LogP contribution in [0.3, 0.4) is 0 Å². The molecule has 0 saturated heterocycles. The number of aromatic nitrogens is 1. The van der Waals surface area contributed by atoms with Gasteiger partial charge < -0.3 is 10.1 Å². The Bertz CT molecular complexity index is 756. The largest absolute Gasteiger partial charge is 0.497 e. The topological polar surface area (TPSA) is 34.1 Å². The van der Waals surface area contributed by atoms with E-state index in [0.717, 1.165) is 33.6 Å². The zero-order chi connectivity index (χ0) is 14.7. The van der Waals surface area contributed by atoms with Gasteiger partial charge in [-0.25, -0.2) is 4.98 Å². The highest BCUT2D eigenvalue weighted by molar-refractivity contribution is 6.17. The van der Waals surface area contributed by atoms with Crippen LogP contribution in [0, 0.1) is 0 Å². The van der Waals surface area contributed by atoms with Gasteiger partial charge in [-0.3, -0.25) is 0 Å². The molecule has 1 N–H and O–H groups in total. The molecular formula is C17H15ClN2O. The molecule has 0 aliphatic carbocycles. The molecule has 0 aliphatic rings. The number of rotatable bonds is 4. The molecule has 0 radical (unpaired) electrons. The molecule has 0 spiro atoms. The lowest BCUT2D eigenvalue weighted by molar-refractivity contribution is 0.415. The van der Waals surface area contributed by atoms with E-state index in [0.29, 0.717) is 5.88 Å². The Balaban J connectivity index is 1.98. The van der Waals surface area contributed by atoms with Crippen LogP contribution in [0.25, 0.3) is 10.8 Å². The fourth-order valence-electron chi connectivity index (χ4n) is 2.19. The molecule has 0 saturated carbocycles. The molecule has 3 aromatic rings. The number of hydrogen-bond acceptors (Lipinski definition) is 3. The summed E-state index contributed by atoms with van der Waals surface area (Å²) in [5.41, 5.74) is 2.07. The highest BCUT2D eigenvalue weighted by Crippen LogP contribution is 2.27. The monoisotopic (exact) mass is 298 g/mol. The summed E-state index contributed by atoms with van der Waals surface area (Å²) in [5.74, 6) is 2.14. The predicted molar refractivity (Wildman–Crippen MR) is 87.6 cm³/mol. The fraction of sp³-hybridized carbons (Fsp3) is 0.118. The molecule has 3 rings (SSSR count). The van der Waals surface area contributed by atoms with Gasteiger partial charge in [0.2, 0.25) is 0 Å². The van der Waals surface area contributed by atoms with E-state index in [9.17, 15) is 0 Å². The van der Waals surface area contributed by atoms with Gasteiger partial charge in [0.1, 0.15) is 11.6 Å². The van der Waals surface area contributed by atoms with Crippen LogP contribution in [0.2, 0.25) is 0 Å². The smallest absolute Gasteiger partial charge is 0.138 e. The first-order chi connectivity index (χ1) is 10.3. The molecule has 0 atom stereocenters. The summed E-state index contributed by atoms with van der Waals surface area (Å²) < 4.78 is 5.29. The number of methoxy groups -OCH3 is 1. The van der Waals surface area contributed by atoms with Crippen molar-refractivity contribution in [3.05, 3.63) is 60.3 Å². The van der Waals surface area contributed by atoms with E-state index >= 15 is 0 Å². The van der Waals surface area contributed by atoms with Gasteiger partial charge in [-0.2, -0.15) is 0 Å². The molecule has 2 aromatic carbocycles. The molecule has 21 heavy (non-hydrogen) atoms. The number of fused-ring (bicyclic) bond motifs is 1. The fourth-order valence-corrected chi connectivity index (χ4v) is 2.37. The molecule has 0 amide bonds. The van der Waals surface area contributed by atoms with E-state index in [1.807, 2.05) is 48.5 Å². The number of nitrogens with zero attached hydrogens (tertiary/aromatic N) is 1. The molecule has 0 bridgehead atoms.